The summed E-state index contributed by atoms with van der Waals surface area (Å²) in [5.74, 6) is -0.0727. The Morgan fingerprint density at radius 1 is 1.47 bits per heavy atom. The van der Waals surface area contributed by atoms with E-state index in [1.807, 2.05) is 0 Å². The summed E-state index contributed by atoms with van der Waals surface area (Å²) in [6.45, 7) is 5.39. The van der Waals surface area contributed by atoms with Crippen molar-refractivity contribution in [2.24, 2.45) is 0 Å². The van der Waals surface area contributed by atoms with Gasteiger partial charge in [-0.1, -0.05) is 12.7 Å². The van der Waals surface area contributed by atoms with Crippen molar-refractivity contribution in [1.29, 1.82) is 0 Å². The number of esters is 1. The monoisotopic (exact) mass is 234 g/mol. The van der Waals surface area contributed by atoms with Crippen LogP contribution in [0.15, 0.2) is 30.9 Å². The van der Waals surface area contributed by atoms with E-state index in [1.165, 1.54) is 13.2 Å². The van der Waals surface area contributed by atoms with Gasteiger partial charge in [0.2, 0.25) is 0 Å². The zero-order chi connectivity index (χ0) is 12.8. The second-order valence-corrected chi connectivity index (χ2v) is 3.42. The summed E-state index contributed by atoms with van der Waals surface area (Å²) in [5, 5.41) is 0. The lowest BCUT2D eigenvalue weighted by atomic mass is 10.1. The van der Waals surface area contributed by atoms with Crippen LogP contribution in [-0.2, 0) is 4.74 Å². The number of carbonyl (C=O) groups is 2. The molecule has 1 aromatic rings. The maximum absolute atomic E-state index is 11.3. The van der Waals surface area contributed by atoms with Crippen LogP contribution in [0.25, 0.3) is 0 Å². The minimum absolute atomic E-state index is 0.210. The van der Waals surface area contributed by atoms with E-state index in [-0.39, 0.29) is 6.10 Å². The van der Waals surface area contributed by atoms with Gasteiger partial charge < -0.3 is 9.47 Å². The maximum Gasteiger partial charge on any atom is 0.337 e. The Hall–Kier alpha value is -2.10. The molecule has 1 atom stereocenters. The molecule has 0 aromatic heterocycles. The molecule has 0 bridgehead atoms. The SMILES string of the molecule is C=CC(C)Oc1ccc(C(=O)OC)cc1C=O. The van der Waals surface area contributed by atoms with Gasteiger partial charge in [0.15, 0.2) is 6.29 Å². The Balaban J connectivity index is 3.05. The van der Waals surface area contributed by atoms with Gasteiger partial charge in [-0.05, 0) is 25.1 Å². The molecule has 0 amide bonds. The zero-order valence-corrected chi connectivity index (χ0v) is 9.80. The molecule has 90 valence electrons. The minimum atomic E-state index is -0.489. The molecule has 0 fully saturated rings. The highest BCUT2D eigenvalue weighted by Crippen LogP contribution is 2.20. The first kappa shape index (κ1) is 13.0. The molecule has 4 heteroatoms. The predicted octanol–water partition coefficient (Wildman–Crippen LogP) is 2.24. The largest absolute Gasteiger partial charge is 0.486 e. The lowest BCUT2D eigenvalue weighted by molar-refractivity contribution is 0.0600. The second kappa shape index (κ2) is 5.84. The normalized spacial score (nSPS) is 11.4. The second-order valence-electron chi connectivity index (χ2n) is 3.42. The van der Waals surface area contributed by atoms with E-state index in [9.17, 15) is 9.59 Å². The quantitative estimate of drug-likeness (QED) is 0.445. The highest BCUT2D eigenvalue weighted by atomic mass is 16.5. The van der Waals surface area contributed by atoms with Crippen LogP contribution in [-0.4, -0.2) is 25.5 Å². The van der Waals surface area contributed by atoms with Gasteiger partial charge in [0, 0.05) is 0 Å². The Morgan fingerprint density at radius 3 is 2.71 bits per heavy atom. The van der Waals surface area contributed by atoms with Crippen LogP contribution >= 0.6 is 0 Å². The van der Waals surface area contributed by atoms with Gasteiger partial charge in [0.05, 0.1) is 18.2 Å². The van der Waals surface area contributed by atoms with Crippen LogP contribution < -0.4 is 4.74 Å². The summed E-state index contributed by atoms with van der Waals surface area (Å²) in [6.07, 6.45) is 2.04. The molecule has 0 aliphatic carbocycles. The molecule has 0 heterocycles. The van der Waals surface area contributed by atoms with Crippen molar-refractivity contribution in [3.63, 3.8) is 0 Å². The van der Waals surface area contributed by atoms with E-state index >= 15 is 0 Å². The van der Waals surface area contributed by atoms with Gasteiger partial charge >= 0.3 is 5.97 Å². The van der Waals surface area contributed by atoms with Crippen LogP contribution in [0.5, 0.6) is 5.75 Å². The van der Waals surface area contributed by atoms with Gasteiger partial charge in [0.25, 0.3) is 0 Å². The fourth-order valence-corrected chi connectivity index (χ4v) is 1.24. The number of methoxy groups -OCH3 is 1. The molecule has 0 aliphatic rings. The van der Waals surface area contributed by atoms with Crippen LogP contribution in [0, 0.1) is 0 Å². The fourth-order valence-electron chi connectivity index (χ4n) is 1.24. The van der Waals surface area contributed by atoms with Crippen molar-refractivity contribution in [2.75, 3.05) is 7.11 Å². The fraction of sp³-hybridized carbons (Fsp3) is 0.231. The number of rotatable bonds is 5. The Bertz CT molecular complexity index is 437. The van der Waals surface area contributed by atoms with Gasteiger partial charge in [0.1, 0.15) is 11.9 Å². The lowest BCUT2D eigenvalue weighted by Crippen LogP contribution is -2.10. The number of ether oxygens (including phenoxy) is 2. The summed E-state index contributed by atoms with van der Waals surface area (Å²) in [7, 11) is 1.28. The van der Waals surface area contributed by atoms with Crippen LogP contribution in [0.1, 0.15) is 27.6 Å². The van der Waals surface area contributed by atoms with Crippen molar-refractivity contribution in [1.82, 2.24) is 0 Å². The third-order valence-electron chi connectivity index (χ3n) is 2.20. The number of hydrogen-bond acceptors (Lipinski definition) is 4. The third-order valence-corrected chi connectivity index (χ3v) is 2.20. The molecule has 0 N–H and O–H groups in total. The molecule has 0 radical (unpaired) electrons. The highest BCUT2D eigenvalue weighted by molar-refractivity contribution is 5.92. The first-order valence-corrected chi connectivity index (χ1v) is 5.09. The molecule has 17 heavy (non-hydrogen) atoms. The number of hydrogen-bond donors (Lipinski definition) is 0. The molecular formula is C13H14O4. The molecule has 0 saturated heterocycles. The Kier molecular flexibility index (Phi) is 4.46. The highest BCUT2D eigenvalue weighted by Gasteiger charge is 2.11. The molecular weight excluding hydrogens is 220 g/mol. The van der Waals surface area contributed by atoms with E-state index in [4.69, 9.17) is 4.74 Å². The molecule has 1 rings (SSSR count). The number of benzene rings is 1. The lowest BCUT2D eigenvalue weighted by Gasteiger charge is -2.12. The Labute approximate surface area is 99.8 Å². The van der Waals surface area contributed by atoms with Crippen molar-refractivity contribution in [3.8, 4) is 5.75 Å². The third kappa shape index (κ3) is 3.17. The first-order chi connectivity index (χ1) is 8.12. The average Bonchev–Trinajstić information content (AvgIpc) is 2.37. The maximum atomic E-state index is 11.3. The van der Waals surface area contributed by atoms with Crippen molar-refractivity contribution in [3.05, 3.63) is 42.0 Å². The van der Waals surface area contributed by atoms with Crippen molar-refractivity contribution < 1.29 is 19.1 Å². The van der Waals surface area contributed by atoms with E-state index in [2.05, 4.69) is 11.3 Å². The smallest absolute Gasteiger partial charge is 0.337 e. The molecule has 1 unspecified atom stereocenters. The zero-order valence-electron chi connectivity index (χ0n) is 9.80. The van der Waals surface area contributed by atoms with Gasteiger partial charge in [-0.25, -0.2) is 4.79 Å². The first-order valence-electron chi connectivity index (χ1n) is 5.09. The van der Waals surface area contributed by atoms with Crippen LogP contribution in [0.3, 0.4) is 0 Å². The topological polar surface area (TPSA) is 52.6 Å². The standard InChI is InChI=1S/C13H14O4/c1-4-9(2)17-12-6-5-10(13(15)16-3)7-11(12)8-14/h4-9H,1H2,2-3H3. The summed E-state index contributed by atoms with van der Waals surface area (Å²) in [4.78, 5) is 22.2. The van der Waals surface area contributed by atoms with E-state index in [0.717, 1.165) is 0 Å². The summed E-state index contributed by atoms with van der Waals surface area (Å²) in [6, 6.07) is 4.55. The summed E-state index contributed by atoms with van der Waals surface area (Å²) < 4.78 is 10.0. The summed E-state index contributed by atoms with van der Waals surface area (Å²) in [5.41, 5.74) is 0.620. The average molecular weight is 234 g/mol. The van der Waals surface area contributed by atoms with Crippen molar-refractivity contribution >= 4 is 12.3 Å². The predicted molar refractivity (Wildman–Crippen MR) is 63.5 cm³/mol. The Morgan fingerprint density at radius 2 is 2.18 bits per heavy atom. The van der Waals surface area contributed by atoms with Gasteiger partial charge in [-0.15, -0.1) is 0 Å². The molecule has 0 aliphatic heterocycles. The van der Waals surface area contributed by atoms with E-state index < -0.39 is 5.97 Å². The van der Waals surface area contributed by atoms with Crippen LogP contribution in [0.4, 0.5) is 0 Å². The van der Waals surface area contributed by atoms with Gasteiger partial charge in [-0.2, -0.15) is 0 Å². The molecule has 4 nitrogen and oxygen atoms in total. The summed E-state index contributed by atoms with van der Waals surface area (Å²) >= 11 is 0. The molecule has 0 spiro atoms. The number of carbonyl (C=O) groups excluding carboxylic acids is 2. The van der Waals surface area contributed by atoms with Crippen LogP contribution in [0.2, 0.25) is 0 Å². The number of aldehydes is 1. The van der Waals surface area contributed by atoms with E-state index in [1.54, 1.807) is 25.1 Å². The molecule has 0 saturated carbocycles. The van der Waals surface area contributed by atoms with Gasteiger partial charge in [-0.3, -0.25) is 4.79 Å². The minimum Gasteiger partial charge on any atom is -0.486 e. The molecule has 1 aromatic carbocycles. The van der Waals surface area contributed by atoms with Crippen molar-refractivity contribution in [2.45, 2.75) is 13.0 Å². The van der Waals surface area contributed by atoms with E-state index in [0.29, 0.717) is 23.2 Å².